The van der Waals surface area contributed by atoms with E-state index in [0.717, 1.165) is 19.4 Å². The van der Waals surface area contributed by atoms with Gasteiger partial charge in [0.25, 0.3) is 0 Å². The molecule has 0 aromatic carbocycles. The topological polar surface area (TPSA) is 43.8 Å². The van der Waals surface area contributed by atoms with Gasteiger partial charge in [-0.3, -0.25) is 0 Å². The standard InChI is InChI=1S/C9H17N3/c1-2-3-9(10)4-6-12-7-5-11-8-12/h5,7-9H,2-4,6,10H2,1H3/t9-/m0/s1. The average Bonchev–Trinajstić information content (AvgIpc) is 2.53. The lowest BCUT2D eigenvalue weighted by Crippen LogP contribution is -2.21. The number of imidazole rings is 1. The minimum absolute atomic E-state index is 0.345. The zero-order valence-electron chi connectivity index (χ0n) is 7.61. The molecule has 3 heteroatoms. The van der Waals surface area contributed by atoms with Gasteiger partial charge in [0.2, 0.25) is 0 Å². The van der Waals surface area contributed by atoms with Crippen molar-refractivity contribution in [1.29, 1.82) is 0 Å². The van der Waals surface area contributed by atoms with Crippen molar-refractivity contribution < 1.29 is 0 Å². The second-order valence-electron chi connectivity index (χ2n) is 3.14. The number of rotatable bonds is 5. The lowest BCUT2D eigenvalue weighted by atomic mass is 10.1. The van der Waals surface area contributed by atoms with Gasteiger partial charge in [0, 0.05) is 25.0 Å². The molecule has 0 saturated heterocycles. The van der Waals surface area contributed by atoms with Gasteiger partial charge < -0.3 is 10.3 Å². The normalized spacial score (nSPS) is 13.2. The molecule has 0 radical (unpaired) electrons. The highest BCUT2D eigenvalue weighted by Crippen LogP contribution is 2.00. The van der Waals surface area contributed by atoms with E-state index in [4.69, 9.17) is 5.73 Å². The van der Waals surface area contributed by atoms with Crippen LogP contribution in [-0.2, 0) is 6.54 Å². The maximum Gasteiger partial charge on any atom is 0.0945 e. The Morgan fingerprint density at radius 3 is 2.92 bits per heavy atom. The van der Waals surface area contributed by atoms with E-state index in [0.29, 0.717) is 6.04 Å². The third-order valence-corrected chi connectivity index (χ3v) is 1.98. The van der Waals surface area contributed by atoms with Crippen LogP contribution in [0.3, 0.4) is 0 Å². The van der Waals surface area contributed by atoms with E-state index in [9.17, 15) is 0 Å². The first-order chi connectivity index (χ1) is 5.83. The lowest BCUT2D eigenvalue weighted by Gasteiger charge is -2.09. The van der Waals surface area contributed by atoms with Crippen molar-refractivity contribution in [1.82, 2.24) is 9.55 Å². The summed E-state index contributed by atoms with van der Waals surface area (Å²) >= 11 is 0. The Labute approximate surface area is 73.6 Å². The molecular formula is C9H17N3. The SMILES string of the molecule is CCC[C@H](N)CCn1ccnc1. The first-order valence-electron chi connectivity index (χ1n) is 4.54. The Bertz CT molecular complexity index is 194. The molecule has 0 bridgehead atoms. The van der Waals surface area contributed by atoms with Gasteiger partial charge in [-0.2, -0.15) is 0 Å². The van der Waals surface area contributed by atoms with Crippen LogP contribution in [0.15, 0.2) is 18.7 Å². The summed E-state index contributed by atoms with van der Waals surface area (Å²) in [6.45, 7) is 3.15. The summed E-state index contributed by atoms with van der Waals surface area (Å²) in [4.78, 5) is 3.97. The minimum Gasteiger partial charge on any atom is -0.337 e. The van der Waals surface area contributed by atoms with Crippen LogP contribution < -0.4 is 5.73 Å². The summed E-state index contributed by atoms with van der Waals surface area (Å²) in [5.41, 5.74) is 5.87. The maximum atomic E-state index is 5.87. The van der Waals surface area contributed by atoms with Crippen LogP contribution in [0.2, 0.25) is 0 Å². The van der Waals surface area contributed by atoms with Gasteiger partial charge in [-0.05, 0) is 12.8 Å². The summed E-state index contributed by atoms with van der Waals surface area (Å²) in [6, 6.07) is 0.345. The van der Waals surface area contributed by atoms with Crippen molar-refractivity contribution in [2.45, 2.75) is 38.8 Å². The minimum atomic E-state index is 0.345. The fourth-order valence-corrected chi connectivity index (χ4v) is 1.25. The predicted octanol–water partition coefficient (Wildman–Crippen LogP) is 1.40. The summed E-state index contributed by atoms with van der Waals surface area (Å²) in [5, 5.41) is 0. The Kier molecular flexibility index (Phi) is 3.80. The molecule has 0 aliphatic carbocycles. The van der Waals surface area contributed by atoms with E-state index in [-0.39, 0.29) is 0 Å². The third kappa shape index (κ3) is 3.05. The molecule has 1 aromatic heterocycles. The first kappa shape index (κ1) is 9.26. The molecule has 0 amide bonds. The number of hydrogen-bond donors (Lipinski definition) is 1. The van der Waals surface area contributed by atoms with Crippen molar-refractivity contribution in [2.24, 2.45) is 5.73 Å². The highest BCUT2D eigenvalue weighted by molar-refractivity contribution is 4.74. The van der Waals surface area contributed by atoms with Gasteiger partial charge in [0.05, 0.1) is 6.33 Å². The predicted molar refractivity (Wildman–Crippen MR) is 49.7 cm³/mol. The van der Waals surface area contributed by atoms with E-state index < -0.39 is 0 Å². The second-order valence-corrected chi connectivity index (χ2v) is 3.14. The van der Waals surface area contributed by atoms with E-state index in [2.05, 4.69) is 16.5 Å². The molecule has 0 saturated carbocycles. The first-order valence-corrected chi connectivity index (χ1v) is 4.54. The van der Waals surface area contributed by atoms with Crippen LogP contribution in [0.25, 0.3) is 0 Å². The van der Waals surface area contributed by atoms with E-state index in [1.54, 1.807) is 6.20 Å². The highest BCUT2D eigenvalue weighted by Gasteiger charge is 2.00. The van der Waals surface area contributed by atoms with Crippen molar-refractivity contribution in [3.8, 4) is 0 Å². The quantitative estimate of drug-likeness (QED) is 0.720. The largest absolute Gasteiger partial charge is 0.337 e. The Morgan fingerprint density at radius 2 is 2.33 bits per heavy atom. The molecule has 0 aliphatic heterocycles. The maximum absolute atomic E-state index is 5.87. The molecule has 12 heavy (non-hydrogen) atoms. The smallest absolute Gasteiger partial charge is 0.0945 e. The van der Waals surface area contributed by atoms with Crippen LogP contribution in [0.1, 0.15) is 26.2 Å². The van der Waals surface area contributed by atoms with E-state index >= 15 is 0 Å². The Balaban J connectivity index is 2.17. The molecule has 3 nitrogen and oxygen atoms in total. The molecule has 0 aliphatic rings. The highest BCUT2D eigenvalue weighted by atomic mass is 15.0. The molecule has 1 heterocycles. The van der Waals surface area contributed by atoms with Gasteiger partial charge in [-0.15, -0.1) is 0 Å². The van der Waals surface area contributed by atoms with Crippen molar-refractivity contribution in [3.63, 3.8) is 0 Å². The summed E-state index contributed by atoms with van der Waals surface area (Å²) in [7, 11) is 0. The Hall–Kier alpha value is -0.830. The van der Waals surface area contributed by atoms with E-state index in [1.807, 2.05) is 12.5 Å². The van der Waals surface area contributed by atoms with Gasteiger partial charge >= 0.3 is 0 Å². The Morgan fingerprint density at radius 1 is 1.50 bits per heavy atom. The molecule has 1 rings (SSSR count). The van der Waals surface area contributed by atoms with Crippen LogP contribution in [-0.4, -0.2) is 15.6 Å². The number of nitrogens with zero attached hydrogens (tertiary/aromatic N) is 2. The van der Waals surface area contributed by atoms with Crippen LogP contribution in [0, 0.1) is 0 Å². The lowest BCUT2D eigenvalue weighted by molar-refractivity contribution is 0.509. The molecule has 1 aromatic rings. The van der Waals surface area contributed by atoms with Crippen molar-refractivity contribution in [3.05, 3.63) is 18.7 Å². The van der Waals surface area contributed by atoms with Gasteiger partial charge in [-0.1, -0.05) is 13.3 Å². The number of hydrogen-bond acceptors (Lipinski definition) is 2. The van der Waals surface area contributed by atoms with Gasteiger partial charge in [0.15, 0.2) is 0 Å². The zero-order valence-corrected chi connectivity index (χ0v) is 7.61. The van der Waals surface area contributed by atoms with Crippen LogP contribution in [0.5, 0.6) is 0 Å². The monoisotopic (exact) mass is 167 g/mol. The molecule has 0 unspecified atom stereocenters. The molecule has 2 N–H and O–H groups in total. The molecule has 0 spiro atoms. The average molecular weight is 167 g/mol. The van der Waals surface area contributed by atoms with Crippen LogP contribution >= 0.6 is 0 Å². The molecular weight excluding hydrogens is 150 g/mol. The van der Waals surface area contributed by atoms with E-state index in [1.165, 1.54) is 6.42 Å². The zero-order chi connectivity index (χ0) is 8.81. The number of aromatic nitrogens is 2. The molecule has 68 valence electrons. The van der Waals surface area contributed by atoms with Crippen molar-refractivity contribution >= 4 is 0 Å². The van der Waals surface area contributed by atoms with Crippen molar-refractivity contribution in [2.75, 3.05) is 0 Å². The second kappa shape index (κ2) is 4.93. The third-order valence-electron chi connectivity index (χ3n) is 1.98. The fraction of sp³-hybridized carbons (Fsp3) is 0.667. The molecule has 0 fully saturated rings. The fourth-order valence-electron chi connectivity index (χ4n) is 1.25. The summed E-state index contributed by atoms with van der Waals surface area (Å²) in [5.74, 6) is 0. The summed E-state index contributed by atoms with van der Waals surface area (Å²) < 4.78 is 2.06. The van der Waals surface area contributed by atoms with Crippen LogP contribution in [0.4, 0.5) is 0 Å². The van der Waals surface area contributed by atoms with Gasteiger partial charge in [-0.25, -0.2) is 4.98 Å². The van der Waals surface area contributed by atoms with Gasteiger partial charge in [0.1, 0.15) is 0 Å². The number of nitrogens with two attached hydrogens (primary N) is 1. The number of aryl methyl sites for hydroxylation is 1. The molecule has 1 atom stereocenters. The summed E-state index contributed by atoms with van der Waals surface area (Å²) in [6.07, 6.45) is 8.94.